The van der Waals surface area contributed by atoms with Crippen LogP contribution in [-0.2, 0) is 37.5 Å². The van der Waals surface area contributed by atoms with Crippen molar-refractivity contribution >= 4 is 33.4 Å². The van der Waals surface area contributed by atoms with Gasteiger partial charge in [-0.15, -0.1) is 0 Å². The second-order valence-electron chi connectivity index (χ2n) is 12.9. The van der Waals surface area contributed by atoms with Crippen molar-refractivity contribution in [1.29, 1.82) is 0 Å². The van der Waals surface area contributed by atoms with Gasteiger partial charge in [-0.25, -0.2) is 8.42 Å². The quantitative estimate of drug-likeness (QED) is 0.242. The van der Waals surface area contributed by atoms with Gasteiger partial charge in [0.2, 0.25) is 0 Å². The van der Waals surface area contributed by atoms with E-state index in [0.29, 0.717) is 61.5 Å². The minimum absolute atomic E-state index is 0.0387. The number of nitrogens with one attached hydrogen (secondary N) is 1. The fourth-order valence-electron chi connectivity index (χ4n) is 7.25. The fourth-order valence-corrected chi connectivity index (χ4v) is 8.53. The monoisotopic (exact) mass is 646 g/mol. The number of Topliss-reactive ketones (excluding diaryl/α,β-unsaturated/α-hetero) is 1. The molecular weight excluding hydrogens is 604 g/mol. The SMILES string of the molecule is CCCCC1=N[C@]2(C[C@H]3CC(=O)C[C@H]3C2)C(=O)N1Cc1ccc(-c2ccccc2S(=O)(=O)Nc2noc(C)c2C)c(COCC)c1. The summed E-state index contributed by atoms with van der Waals surface area (Å²) in [5.41, 5.74) is 2.85. The van der Waals surface area contributed by atoms with Gasteiger partial charge in [0.1, 0.15) is 22.9 Å². The van der Waals surface area contributed by atoms with Crippen LogP contribution in [0, 0.1) is 25.7 Å². The van der Waals surface area contributed by atoms with Crippen LogP contribution in [0.15, 0.2) is 56.9 Å². The molecule has 0 radical (unpaired) electrons. The van der Waals surface area contributed by atoms with Crippen molar-refractivity contribution in [1.82, 2.24) is 10.1 Å². The predicted molar refractivity (Wildman–Crippen MR) is 175 cm³/mol. The van der Waals surface area contributed by atoms with Crippen molar-refractivity contribution < 1.29 is 27.3 Å². The molecule has 0 unspecified atom stereocenters. The van der Waals surface area contributed by atoms with Gasteiger partial charge >= 0.3 is 0 Å². The second-order valence-corrected chi connectivity index (χ2v) is 14.5. The summed E-state index contributed by atoms with van der Waals surface area (Å²) < 4.78 is 40.9. The number of ether oxygens (including phenoxy) is 1. The van der Waals surface area contributed by atoms with E-state index in [9.17, 15) is 18.0 Å². The van der Waals surface area contributed by atoms with Crippen molar-refractivity contribution in [2.45, 2.75) is 96.2 Å². The van der Waals surface area contributed by atoms with Crippen LogP contribution in [0.3, 0.4) is 0 Å². The first-order chi connectivity index (χ1) is 22.0. The molecule has 2 aromatic carbocycles. The number of amides is 1. The first-order valence-corrected chi connectivity index (χ1v) is 17.7. The minimum atomic E-state index is -4.02. The number of aromatic nitrogens is 1. The van der Waals surface area contributed by atoms with Crippen LogP contribution in [0.2, 0.25) is 0 Å². The average molecular weight is 647 g/mol. The van der Waals surface area contributed by atoms with Crippen LogP contribution in [0.25, 0.3) is 11.1 Å². The molecule has 3 aromatic rings. The summed E-state index contributed by atoms with van der Waals surface area (Å²) in [6.45, 7) is 8.64. The lowest BCUT2D eigenvalue weighted by atomic mass is 9.93. The van der Waals surface area contributed by atoms with Crippen molar-refractivity contribution in [3.8, 4) is 11.1 Å². The number of carbonyl (C=O) groups is 2. The number of aliphatic imine (C=N–C) groups is 1. The summed E-state index contributed by atoms with van der Waals surface area (Å²) in [6, 6.07) is 12.7. The lowest BCUT2D eigenvalue weighted by Crippen LogP contribution is -2.41. The van der Waals surface area contributed by atoms with E-state index in [-0.39, 0.29) is 35.1 Å². The molecule has 1 aliphatic heterocycles. The number of carbonyl (C=O) groups excluding carboxylic acids is 2. The molecule has 10 nitrogen and oxygen atoms in total. The number of amidine groups is 1. The Bertz CT molecular complexity index is 1780. The Morgan fingerprint density at radius 3 is 2.46 bits per heavy atom. The van der Waals surface area contributed by atoms with Gasteiger partial charge in [0, 0.05) is 37.0 Å². The molecule has 6 rings (SSSR count). The molecule has 1 N–H and O–H groups in total. The first-order valence-electron chi connectivity index (χ1n) is 16.2. The Balaban J connectivity index is 1.31. The molecule has 0 bridgehead atoms. The van der Waals surface area contributed by atoms with E-state index in [2.05, 4.69) is 16.8 Å². The number of sulfonamides is 1. The molecule has 2 heterocycles. The van der Waals surface area contributed by atoms with Gasteiger partial charge in [0.05, 0.1) is 18.0 Å². The Labute approximate surface area is 270 Å². The molecule has 2 fully saturated rings. The highest BCUT2D eigenvalue weighted by molar-refractivity contribution is 7.92. The zero-order chi connectivity index (χ0) is 32.6. The van der Waals surface area contributed by atoms with Gasteiger partial charge < -0.3 is 9.26 Å². The summed E-state index contributed by atoms with van der Waals surface area (Å²) in [5.74, 6) is 2.35. The molecule has 2 saturated carbocycles. The van der Waals surface area contributed by atoms with Crippen LogP contribution in [-0.4, -0.2) is 48.1 Å². The zero-order valence-corrected chi connectivity index (χ0v) is 27.8. The van der Waals surface area contributed by atoms with Crippen molar-refractivity contribution in [2.24, 2.45) is 16.8 Å². The van der Waals surface area contributed by atoms with E-state index < -0.39 is 15.6 Å². The third-order valence-corrected chi connectivity index (χ3v) is 11.1. The number of ketones is 1. The summed E-state index contributed by atoms with van der Waals surface area (Å²) in [4.78, 5) is 33.3. The lowest BCUT2D eigenvalue weighted by Gasteiger charge is -2.24. The van der Waals surface area contributed by atoms with E-state index in [4.69, 9.17) is 14.3 Å². The Morgan fingerprint density at radius 2 is 1.78 bits per heavy atom. The second kappa shape index (κ2) is 12.8. The minimum Gasteiger partial charge on any atom is -0.377 e. The molecule has 1 aromatic heterocycles. The van der Waals surface area contributed by atoms with E-state index >= 15 is 0 Å². The van der Waals surface area contributed by atoms with Crippen LogP contribution in [0.5, 0.6) is 0 Å². The Morgan fingerprint density at radius 1 is 1.04 bits per heavy atom. The summed E-state index contributed by atoms with van der Waals surface area (Å²) in [6.07, 6.45) is 5.08. The number of benzene rings is 2. The third kappa shape index (κ3) is 6.02. The van der Waals surface area contributed by atoms with Gasteiger partial charge in [-0.05, 0) is 74.6 Å². The molecule has 0 saturated heterocycles. The highest BCUT2D eigenvalue weighted by atomic mass is 32.2. The number of unbranched alkanes of at least 4 members (excludes halogenated alkanes) is 1. The maximum atomic E-state index is 14.1. The number of hydrogen-bond donors (Lipinski definition) is 1. The maximum Gasteiger partial charge on any atom is 0.263 e. The highest BCUT2D eigenvalue weighted by Gasteiger charge is 2.57. The predicted octanol–water partition coefficient (Wildman–Crippen LogP) is 6.35. The largest absolute Gasteiger partial charge is 0.377 e. The van der Waals surface area contributed by atoms with Gasteiger partial charge in [-0.2, -0.15) is 0 Å². The summed E-state index contributed by atoms with van der Waals surface area (Å²) >= 11 is 0. The van der Waals surface area contributed by atoms with E-state index in [1.807, 2.05) is 36.1 Å². The van der Waals surface area contributed by atoms with Gasteiger partial charge in [-0.3, -0.25) is 24.2 Å². The standard InChI is InChI=1S/C35H42N4O6S/c1-5-7-12-32-36-35(18-25-16-28(40)17-26(25)19-35)34(41)39(32)20-24-13-14-29(27(15-24)21-44-6-2)30-10-8-9-11-31(30)46(42,43)38-33-22(3)23(4)45-37-33/h8-11,13-15,25-26H,5-7,12,16-21H2,1-4H3,(H,37,38)/t25-,26+,35+. The van der Waals surface area contributed by atoms with Gasteiger partial charge in [-0.1, -0.05) is 54.9 Å². The maximum absolute atomic E-state index is 14.1. The van der Waals surface area contributed by atoms with Crippen molar-refractivity contribution in [3.63, 3.8) is 0 Å². The van der Waals surface area contributed by atoms with Crippen LogP contribution >= 0.6 is 0 Å². The lowest BCUT2D eigenvalue weighted by molar-refractivity contribution is -0.132. The van der Waals surface area contributed by atoms with Gasteiger partial charge in [0.15, 0.2) is 5.82 Å². The number of rotatable bonds is 12. The zero-order valence-electron chi connectivity index (χ0n) is 27.0. The number of fused-ring (bicyclic) bond motifs is 1. The summed E-state index contributed by atoms with van der Waals surface area (Å²) in [5, 5.41) is 3.88. The number of nitrogens with zero attached hydrogens (tertiary/aromatic N) is 3. The van der Waals surface area contributed by atoms with Crippen LogP contribution in [0.1, 0.15) is 81.2 Å². The summed E-state index contributed by atoms with van der Waals surface area (Å²) in [7, 11) is -4.02. The first kappa shape index (κ1) is 32.1. The molecule has 3 aliphatic rings. The Kier molecular flexibility index (Phi) is 8.91. The molecule has 11 heteroatoms. The topological polar surface area (TPSA) is 131 Å². The fraction of sp³-hybridized carbons (Fsp3) is 0.486. The molecular formula is C35H42N4O6S. The number of anilines is 1. The van der Waals surface area contributed by atoms with E-state index in [1.54, 1.807) is 32.0 Å². The molecule has 1 spiro atoms. The molecule has 2 aliphatic carbocycles. The van der Waals surface area contributed by atoms with Crippen LogP contribution in [0.4, 0.5) is 5.82 Å². The molecule has 3 atom stereocenters. The molecule has 244 valence electrons. The smallest absolute Gasteiger partial charge is 0.263 e. The van der Waals surface area contributed by atoms with Crippen molar-refractivity contribution in [3.05, 3.63) is 64.9 Å². The number of hydrogen-bond acceptors (Lipinski definition) is 8. The van der Waals surface area contributed by atoms with Gasteiger partial charge in [0.25, 0.3) is 15.9 Å². The molecule has 46 heavy (non-hydrogen) atoms. The average Bonchev–Trinajstić information content (AvgIpc) is 3.72. The van der Waals surface area contributed by atoms with E-state index in [0.717, 1.165) is 41.8 Å². The normalized spacial score (nSPS) is 22.6. The Hall–Kier alpha value is -3.83. The third-order valence-electron chi connectivity index (χ3n) is 9.72. The van der Waals surface area contributed by atoms with Crippen LogP contribution < -0.4 is 4.72 Å². The van der Waals surface area contributed by atoms with Crippen molar-refractivity contribution in [2.75, 3.05) is 11.3 Å². The van der Waals surface area contributed by atoms with E-state index in [1.165, 1.54) is 0 Å². The molecule has 1 amide bonds. The highest BCUT2D eigenvalue weighted by Crippen LogP contribution is 2.52. The number of aryl methyl sites for hydroxylation is 1.